The minimum Gasteiger partial charge on any atom is -0.368 e. The van der Waals surface area contributed by atoms with E-state index < -0.39 is 11.9 Å². The lowest BCUT2D eigenvalue weighted by molar-refractivity contribution is -0.121. The maximum absolute atomic E-state index is 12.6. The number of anilines is 1. The number of rotatable bonds is 8. The quantitative estimate of drug-likeness (QED) is 0.387. The van der Waals surface area contributed by atoms with Gasteiger partial charge in [0.2, 0.25) is 11.8 Å². The topological polar surface area (TPSA) is 110 Å². The van der Waals surface area contributed by atoms with Crippen molar-refractivity contribution < 1.29 is 9.59 Å². The molecule has 0 aliphatic carbocycles. The maximum atomic E-state index is 12.6. The number of nitrogens with one attached hydrogen (secondary N) is 2. The number of para-hydroxylation sites is 1. The van der Waals surface area contributed by atoms with Gasteiger partial charge in [0.15, 0.2) is 5.82 Å². The molecular formula is C26H27N5O2. The number of carbonyl (C=O) groups is 2. The third-order valence-corrected chi connectivity index (χ3v) is 5.54. The second kappa shape index (κ2) is 9.65. The van der Waals surface area contributed by atoms with Gasteiger partial charge in [0.1, 0.15) is 11.9 Å². The molecule has 7 nitrogen and oxygen atoms in total. The van der Waals surface area contributed by atoms with Gasteiger partial charge in [-0.15, -0.1) is 0 Å². The van der Waals surface area contributed by atoms with Crippen LogP contribution in [0, 0.1) is 5.92 Å². The predicted octanol–water partition coefficient (Wildman–Crippen LogP) is 3.56. The highest BCUT2D eigenvalue weighted by Crippen LogP contribution is 2.22. The first kappa shape index (κ1) is 22.2. The van der Waals surface area contributed by atoms with Gasteiger partial charge >= 0.3 is 0 Å². The average molecular weight is 442 g/mol. The molecule has 0 aliphatic rings. The second-order valence-corrected chi connectivity index (χ2v) is 8.41. The lowest BCUT2D eigenvalue weighted by atomic mass is 10.0. The summed E-state index contributed by atoms with van der Waals surface area (Å²) >= 11 is 0. The number of aromatic nitrogens is 2. The van der Waals surface area contributed by atoms with Crippen molar-refractivity contribution in [1.82, 2.24) is 15.3 Å². The molecule has 0 aliphatic heterocycles. The van der Waals surface area contributed by atoms with Crippen LogP contribution in [-0.2, 0) is 22.6 Å². The first-order valence-corrected chi connectivity index (χ1v) is 11.0. The molecule has 0 saturated carbocycles. The van der Waals surface area contributed by atoms with Crippen molar-refractivity contribution in [2.24, 2.45) is 11.7 Å². The number of amides is 2. The molecule has 1 heterocycles. The molecule has 0 radical (unpaired) electrons. The van der Waals surface area contributed by atoms with Crippen molar-refractivity contribution in [1.29, 1.82) is 0 Å². The average Bonchev–Trinajstić information content (AvgIpc) is 2.80. The van der Waals surface area contributed by atoms with E-state index in [1.807, 2.05) is 80.6 Å². The van der Waals surface area contributed by atoms with Crippen molar-refractivity contribution in [3.8, 4) is 0 Å². The highest BCUT2D eigenvalue weighted by molar-refractivity contribution is 5.92. The number of carbonyl (C=O) groups excluding carboxylic acids is 2. The number of hydrogen-bond acceptors (Lipinski definition) is 5. The molecule has 33 heavy (non-hydrogen) atoms. The van der Waals surface area contributed by atoms with Gasteiger partial charge in [-0.1, -0.05) is 68.4 Å². The fourth-order valence-corrected chi connectivity index (χ4v) is 3.80. The van der Waals surface area contributed by atoms with Crippen LogP contribution in [0.25, 0.3) is 21.7 Å². The molecule has 0 bridgehead atoms. The minimum atomic E-state index is -0.571. The molecule has 0 spiro atoms. The third-order valence-electron chi connectivity index (χ3n) is 5.54. The third kappa shape index (κ3) is 5.26. The number of fused-ring (bicyclic) bond motifs is 2. The van der Waals surface area contributed by atoms with Gasteiger partial charge in [-0.25, -0.2) is 9.97 Å². The van der Waals surface area contributed by atoms with Gasteiger partial charge in [0.05, 0.1) is 18.5 Å². The Balaban J connectivity index is 1.50. The summed E-state index contributed by atoms with van der Waals surface area (Å²) in [6.45, 7) is 4.01. The van der Waals surface area contributed by atoms with Crippen LogP contribution in [-0.4, -0.2) is 27.8 Å². The van der Waals surface area contributed by atoms with E-state index in [0.717, 1.165) is 27.2 Å². The minimum absolute atomic E-state index is 0.0127. The molecule has 0 fully saturated rings. The zero-order valence-electron chi connectivity index (χ0n) is 18.7. The molecule has 3 aromatic carbocycles. The summed E-state index contributed by atoms with van der Waals surface area (Å²) in [5, 5.41) is 9.10. The highest BCUT2D eigenvalue weighted by Gasteiger charge is 2.21. The molecule has 0 unspecified atom stereocenters. The lowest BCUT2D eigenvalue weighted by Crippen LogP contribution is -2.40. The monoisotopic (exact) mass is 441 g/mol. The normalized spacial score (nSPS) is 12.1. The van der Waals surface area contributed by atoms with Crippen LogP contribution in [0.5, 0.6) is 0 Å². The number of primary amides is 1. The Morgan fingerprint density at radius 3 is 2.42 bits per heavy atom. The van der Waals surface area contributed by atoms with Crippen LogP contribution in [0.3, 0.4) is 0 Å². The summed E-state index contributed by atoms with van der Waals surface area (Å²) in [7, 11) is 0. The fourth-order valence-electron chi connectivity index (χ4n) is 3.80. The van der Waals surface area contributed by atoms with Crippen molar-refractivity contribution in [2.75, 3.05) is 5.32 Å². The number of nitrogens with two attached hydrogens (primary N) is 1. The van der Waals surface area contributed by atoms with Gasteiger partial charge in [0, 0.05) is 5.39 Å². The smallest absolute Gasteiger partial charge is 0.240 e. The molecular weight excluding hydrogens is 414 g/mol. The zero-order chi connectivity index (χ0) is 23.4. The van der Waals surface area contributed by atoms with Gasteiger partial charge in [-0.3, -0.25) is 9.59 Å². The largest absolute Gasteiger partial charge is 0.368 e. The van der Waals surface area contributed by atoms with Gasteiger partial charge in [0.25, 0.3) is 0 Å². The van der Waals surface area contributed by atoms with E-state index in [-0.39, 0.29) is 24.8 Å². The predicted molar refractivity (Wildman–Crippen MR) is 130 cm³/mol. The van der Waals surface area contributed by atoms with Crippen LogP contribution < -0.4 is 16.4 Å². The zero-order valence-corrected chi connectivity index (χ0v) is 18.7. The van der Waals surface area contributed by atoms with Crippen LogP contribution >= 0.6 is 0 Å². The summed E-state index contributed by atoms with van der Waals surface area (Å²) in [4.78, 5) is 33.6. The van der Waals surface area contributed by atoms with E-state index in [2.05, 4.69) is 20.6 Å². The van der Waals surface area contributed by atoms with E-state index in [1.54, 1.807) is 0 Å². The Bertz CT molecular complexity index is 1320. The van der Waals surface area contributed by atoms with Crippen molar-refractivity contribution in [3.05, 3.63) is 78.1 Å². The van der Waals surface area contributed by atoms with Gasteiger partial charge in [-0.05, 0) is 34.4 Å². The van der Waals surface area contributed by atoms with E-state index in [1.165, 1.54) is 0 Å². The van der Waals surface area contributed by atoms with Crippen molar-refractivity contribution in [2.45, 2.75) is 32.9 Å². The second-order valence-electron chi connectivity index (χ2n) is 8.41. The van der Waals surface area contributed by atoms with Gasteiger partial charge < -0.3 is 16.4 Å². The van der Waals surface area contributed by atoms with Crippen LogP contribution in [0.15, 0.2) is 66.7 Å². The molecule has 1 atom stereocenters. The van der Waals surface area contributed by atoms with Crippen molar-refractivity contribution >= 4 is 39.3 Å². The molecule has 7 heteroatoms. The Labute approximate surface area is 192 Å². The number of nitrogens with zero attached hydrogens (tertiary/aromatic N) is 2. The summed E-state index contributed by atoms with van der Waals surface area (Å²) < 4.78 is 0. The molecule has 4 rings (SSSR count). The number of hydrogen-bond donors (Lipinski definition) is 3. The summed E-state index contributed by atoms with van der Waals surface area (Å²) in [6.07, 6.45) is 0.265. The summed E-state index contributed by atoms with van der Waals surface area (Å²) in [5.41, 5.74) is 7.23. The maximum Gasteiger partial charge on any atom is 0.240 e. The summed E-state index contributed by atoms with van der Waals surface area (Å²) in [5.74, 6) is 0.403. The van der Waals surface area contributed by atoms with E-state index in [0.29, 0.717) is 11.6 Å². The van der Waals surface area contributed by atoms with E-state index >= 15 is 0 Å². The fraction of sp³-hybridized carbons (Fsp3) is 0.231. The summed E-state index contributed by atoms with van der Waals surface area (Å²) in [6, 6.07) is 21.0. The SMILES string of the molecule is CC(C)[C@H](Nc1nc(CNC(=O)Cc2ccc3ccccc3c2)nc2ccccc12)C(N)=O. The standard InChI is InChI=1S/C26H27N5O2/c1-16(2)24(25(27)33)31-26-20-9-5-6-10-21(20)29-22(30-26)15-28-23(32)14-17-11-12-18-7-3-4-8-19(18)13-17/h3-13,16,24H,14-15H2,1-2H3,(H2,27,33)(H,28,32)(H,29,30,31)/t24-/m0/s1. The first-order valence-electron chi connectivity index (χ1n) is 11.0. The first-order chi connectivity index (χ1) is 15.9. The molecule has 4 N–H and O–H groups in total. The van der Waals surface area contributed by atoms with E-state index in [9.17, 15) is 9.59 Å². The van der Waals surface area contributed by atoms with E-state index in [4.69, 9.17) is 5.73 Å². The van der Waals surface area contributed by atoms with Gasteiger partial charge in [-0.2, -0.15) is 0 Å². The van der Waals surface area contributed by atoms with Crippen molar-refractivity contribution in [3.63, 3.8) is 0 Å². The highest BCUT2D eigenvalue weighted by atomic mass is 16.2. The Morgan fingerprint density at radius 2 is 1.67 bits per heavy atom. The molecule has 0 saturated heterocycles. The van der Waals surface area contributed by atoms with Crippen LogP contribution in [0.4, 0.5) is 5.82 Å². The lowest BCUT2D eigenvalue weighted by Gasteiger charge is -2.21. The molecule has 4 aromatic rings. The molecule has 2 amide bonds. The Hall–Kier alpha value is -4.00. The van der Waals surface area contributed by atoms with Crippen LogP contribution in [0.1, 0.15) is 25.2 Å². The Kier molecular flexibility index (Phi) is 6.49. The molecule has 1 aromatic heterocycles. The number of benzene rings is 3. The Morgan fingerprint density at radius 1 is 0.939 bits per heavy atom. The van der Waals surface area contributed by atoms with Crippen LogP contribution in [0.2, 0.25) is 0 Å². The molecule has 168 valence electrons.